The van der Waals surface area contributed by atoms with Crippen LogP contribution < -0.4 is 15.4 Å². The van der Waals surface area contributed by atoms with Crippen LogP contribution in [0, 0.1) is 5.92 Å². The van der Waals surface area contributed by atoms with E-state index < -0.39 is 11.7 Å². The lowest BCUT2D eigenvalue weighted by atomic mass is 9.97. The number of hydrogen-bond donors (Lipinski definition) is 2. The molecule has 136 valence electrons. The first kappa shape index (κ1) is 20.6. The molecule has 1 amide bonds. The number of nitrogens with one attached hydrogen (secondary N) is 2. The lowest BCUT2D eigenvalue weighted by molar-refractivity contribution is -0.137. The molecule has 8 heteroatoms. The summed E-state index contributed by atoms with van der Waals surface area (Å²) in [4.78, 5) is 12.3. The zero-order valence-corrected chi connectivity index (χ0v) is 14.2. The molecular weight excluding hydrogens is 345 g/mol. The zero-order chi connectivity index (χ0) is 16.9. The summed E-state index contributed by atoms with van der Waals surface area (Å²) in [6.45, 7) is 3.75. The van der Waals surface area contributed by atoms with E-state index >= 15 is 0 Å². The summed E-state index contributed by atoms with van der Waals surface area (Å²) in [5, 5.41) is 5.76. The van der Waals surface area contributed by atoms with Gasteiger partial charge >= 0.3 is 6.18 Å². The van der Waals surface area contributed by atoms with E-state index in [1.807, 2.05) is 6.92 Å². The quantitative estimate of drug-likeness (QED) is 0.832. The molecule has 0 atom stereocenters. The van der Waals surface area contributed by atoms with Gasteiger partial charge in [0.2, 0.25) is 5.91 Å². The van der Waals surface area contributed by atoms with Gasteiger partial charge in [0.1, 0.15) is 5.75 Å². The Kier molecular flexibility index (Phi) is 7.83. The Balaban J connectivity index is 0.00000288. The van der Waals surface area contributed by atoms with E-state index in [0.29, 0.717) is 19.4 Å². The van der Waals surface area contributed by atoms with Crippen molar-refractivity contribution in [2.45, 2.75) is 32.4 Å². The Morgan fingerprint density at radius 1 is 1.33 bits per heavy atom. The third kappa shape index (κ3) is 5.56. The summed E-state index contributed by atoms with van der Waals surface area (Å²) in [5.41, 5.74) is -0.723. The van der Waals surface area contributed by atoms with Gasteiger partial charge in [0, 0.05) is 5.92 Å². The fourth-order valence-electron chi connectivity index (χ4n) is 2.46. The molecule has 1 aliphatic rings. The van der Waals surface area contributed by atoms with Crippen molar-refractivity contribution in [2.24, 2.45) is 5.92 Å². The number of hydrogen-bond acceptors (Lipinski definition) is 3. The smallest absolute Gasteiger partial charge is 0.416 e. The molecule has 24 heavy (non-hydrogen) atoms. The Morgan fingerprint density at radius 2 is 2.00 bits per heavy atom. The van der Waals surface area contributed by atoms with Crippen LogP contribution in [0.4, 0.5) is 18.9 Å². The Morgan fingerprint density at radius 3 is 2.58 bits per heavy atom. The van der Waals surface area contributed by atoms with Crippen LogP contribution in [0.1, 0.15) is 31.7 Å². The molecule has 0 spiro atoms. The van der Waals surface area contributed by atoms with Crippen LogP contribution in [0.25, 0.3) is 0 Å². The molecule has 2 N–H and O–H groups in total. The maximum Gasteiger partial charge on any atom is 0.416 e. The molecule has 0 aromatic heterocycles. The Hall–Kier alpha value is -1.47. The fourth-order valence-corrected chi connectivity index (χ4v) is 2.46. The monoisotopic (exact) mass is 366 g/mol. The number of piperidine rings is 1. The van der Waals surface area contributed by atoms with Gasteiger partial charge in [0.15, 0.2) is 0 Å². The van der Waals surface area contributed by atoms with Crippen molar-refractivity contribution in [1.82, 2.24) is 5.32 Å². The van der Waals surface area contributed by atoms with Crippen LogP contribution in [0.5, 0.6) is 5.75 Å². The highest BCUT2D eigenvalue weighted by molar-refractivity contribution is 5.94. The van der Waals surface area contributed by atoms with E-state index in [1.165, 1.54) is 6.07 Å². The maximum absolute atomic E-state index is 12.9. The van der Waals surface area contributed by atoms with Gasteiger partial charge in [-0.2, -0.15) is 13.2 Å². The molecule has 1 fully saturated rings. The van der Waals surface area contributed by atoms with E-state index in [2.05, 4.69) is 10.6 Å². The van der Waals surface area contributed by atoms with Crippen molar-refractivity contribution in [3.63, 3.8) is 0 Å². The second-order valence-electron chi connectivity index (χ2n) is 5.57. The standard InChI is InChI=1S/C16H21F3N2O2.ClH/c1-2-9-23-14-4-3-12(16(17,18)19)10-13(14)21-15(22)11-5-7-20-8-6-11;/h3-4,10-11,20H,2,5-9H2,1H3,(H,21,22);1H. The van der Waals surface area contributed by atoms with Gasteiger partial charge in [-0.25, -0.2) is 0 Å². The van der Waals surface area contributed by atoms with Gasteiger partial charge in [0.05, 0.1) is 17.9 Å². The number of carbonyl (C=O) groups is 1. The molecule has 0 saturated carbocycles. The van der Waals surface area contributed by atoms with E-state index in [4.69, 9.17) is 4.74 Å². The predicted octanol–water partition coefficient (Wildman–Crippen LogP) is 3.85. The van der Waals surface area contributed by atoms with Crippen molar-refractivity contribution in [3.05, 3.63) is 23.8 Å². The molecule has 0 bridgehead atoms. The summed E-state index contributed by atoms with van der Waals surface area (Å²) >= 11 is 0. The number of amides is 1. The summed E-state index contributed by atoms with van der Waals surface area (Å²) in [6, 6.07) is 3.16. The third-order valence-corrected chi connectivity index (χ3v) is 3.74. The van der Waals surface area contributed by atoms with Gasteiger partial charge in [-0.05, 0) is 50.6 Å². The zero-order valence-electron chi connectivity index (χ0n) is 13.4. The van der Waals surface area contributed by atoms with E-state index in [1.54, 1.807) is 0 Å². The molecule has 1 aliphatic heterocycles. The number of carbonyl (C=O) groups excluding carboxylic acids is 1. The van der Waals surface area contributed by atoms with E-state index in [-0.39, 0.29) is 35.7 Å². The minimum atomic E-state index is -4.46. The number of anilines is 1. The average Bonchev–Trinajstić information content (AvgIpc) is 2.53. The molecule has 0 aliphatic carbocycles. The van der Waals surface area contributed by atoms with Gasteiger partial charge in [0.25, 0.3) is 0 Å². The summed E-state index contributed by atoms with van der Waals surface area (Å²) in [6.07, 6.45) is -2.38. The van der Waals surface area contributed by atoms with Gasteiger partial charge in [-0.3, -0.25) is 4.79 Å². The lowest BCUT2D eigenvalue weighted by Gasteiger charge is -2.23. The van der Waals surface area contributed by atoms with Crippen LogP contribution in [0.3, 0.4) is 0 Å². The van der Waals surface area contributed by atoms with Gasteiger partial charge in [-0.1, -0.05) is 6.92 Å². The van der Waals surface area contributed by atoms with Crippen LogP contribution >= 0.6 is 12.4 Å². The van der Waals surface area contributed by atoms with Crippen molar-refractivity contribution < 1.29 is 22.7 Å². The number of benzene rings is 1. The first-order valence-corrected chi connectivity index (χ1v) is 7.77. The highest BCUT2D eigenvalue weighted by Gasteiger charge is 2.32. The Labute approximate surface area is 145 Å². The molecule has 4 nitrogen and oxygen atoms in total. The number of halogens is 4. The summed E-state index contributed by atoms with van der Waals surface area (Å²) in [7, 11) is 0. The van der Waals surface area contributed by atoms with Crippen LogP contribution in [-0.4, -0.2) is 25.6 Å². The lowest BCUT2D eigenvalue weighted by Crippen LogP contribution is -2.34. The van der Waals surface area contributed by atoms with Crippen molar-refractivity contribution in [1.29, 1.82) is 0 Å². The molecule has 1 heterocycles. The molecule has 1 aromatic carbocycles. The van der Waals surface area contributed by atoms with Gasteiger partial charge in [-0.15, -0.1) is 12.4 Å². The molecule has 2 rings (SSSR count). The number of rotatable bonds is 5. The first-order valence-electron chi connectivity index (χ1n) is 7.77. The van der Waals surface area contributed by atoms with E-state index in [9.17, 15) is 18.0 Å². The normalized spacial score (nSPS) is 15.5. The van der Waals surface area contributed by atoms with Crippen molar-refractivity contribution >= 4 is 24.0 Å². The average molecular weight is 367 g/mol. The minimum Gasteiger partial charge on any atom is -0.491 e. The number of ether oxygens (including phenoxy) is 1. The third-order valence-electron chi connectivity index (χ3n) is 3.74. The van der Waals surface area contributed by atoms with Crippen LogP contribution in [0.2, 0.25) is 0 Å². The molecule has 1 saturated heterocycles. The fraction of sp³-hybridized carbons (Fsp3) is 0.562. The Bertz CT molecular complexity index is 547. The molecule has 1 aromatic rings. The summed E-state index contributed by atoms with van der Waals surface area (Å²) in [5.74, 6) is -0.181. The second kappa shape index (κ2) is 9.13. The highest BCUT2D eigenvalue weighted by atomic mass is 35.5. The van der Waals surface area contributed by atoms with E-state index in [0.717, 1.165) is 31.6 Å². The molecule has 0 radical (unpaired) electrons. The maximum atomic E-state index is 12.9. The van der Waals surface area contributed by atoms with Crippen LogP contribution in [-0.2, 0) is 11.0 Å². The SMILES string of the molecule is CCCOc1ccc(C(F)(F)F)cc1NC(=O)C1CCNCC1.Cl. The topological polar surface area (TPSA) is 50.4 Å². The minimum absolute atomic E-state index is 0. The highest BCUT2D eigenvalue weighted by Crippen LogP contribution is 2.35. The van der Waals surface area contributed by atoms with Crippen LogP contribution in [0.15, 0.2) is 18.2 Å². The molecule has 0 unspecified atom stereocenters. The van der Waals surface area contributed by atoms with Gasteiger partial charge < -0.3 is 15.4 Å². The predicted molar refractivity (Wildman–Crippen MR) is 88.7 cm³/mol. The van der Waals surface area contributed by atoms with Crippen molar-refractivity contribution in [2.75, 3.05) is 25.0 Å². The number of alkyl halides is 3. The molecular formula is C16H22ClF3N2O2. The second-order valence-corrected chi connectivity index (χ2v) is 5.57. The van der Waals surface area contributed by atoms with Crippen molar-refractivity contribution in [3.8, 4) is 5.75 Å². The summed E-state index contributed by atoms with van der Waals surface area (Å²) < 4.78 is 44.1. The first-order chi connectivity index (χ1) is 10.9. The largest absolute Gasteiger partial charge is 0.491 e.